The van der Waals surface area contributed by atoms with Gasteiger partial charge < -0.3 is 14.9 Å². The van der Waals surface area contributed by atoms with Gasteiger partial charge >= 0.3 is 5.97 Å². The van der Waals surface area contributed by atoms with E-state index in [0.717, 1.165) is 17.1 Å². The summed E-state index contributed by atoms with van der Waals surface area (Å²) in [5, 5.41) is 9.31. The van der Waals surface area contributed by atoms with Crippen LogP contribution in [0.1, 0.15) is 44.2 Å². The third-order valence-electron chi connectivity index (χ3n) is 6.54. The topological polar surface area (TPSA) is 104 Å². The van der Waals surface area contributed by atoms with Gasteiger partial charge in [-0.15, -0.1) is 0 Å². The van der Waals surface area contributed by atoms with E-state index in [-0.39, 0.29) is 24.8 Å². The largest absolute Gasteiger partial charge is 0.481 e. The van der Waals surface area contributed by atoms with Crippen LogP contribution in [0.25, 0.3) is 11.1 Å². The number of hydrogen-bond acceptors (Lipinski definition) is 5. The van der Waals surface area contributed by atoms with Gasteiger partial charge in [-0.05, 0) is 54.4 Å². The number of carboxylic acids is 1. The van der Waals surface area contributed by atoms with Crippen LogP contribution in [0.4, 0.5) is 0 Å². The molecule has 1 N–H and O–H groups in total. The third-order valence-corrected chi connectivity index (χ3v) is 6.54. The maximum absolute atomic E-state index is 13.9. The fourth-order valence-corrected chi connectivity index (χ4v) is 4.53. The van der Waals surface area contributed by atoms with Gasteiger partial charge in [0.1, 0.15) is 0 Å². The maximum Gasteiger partial charge on any atom is 0.305 e. The monoisotopic (exact) mass is 536 g/mol. The van der Waals surface area contributed by atoms with Crippen molar-refractivity contribution in [2.24, 2.45) is 0 Å². The van der Waals surface area contributed by atoms with E-state index < -0.39 is 5.97 Å². The van der Waals surface area contributed by atoms with Crippen LogP contribution in [0.15, 0.2) is 91.1 Å². The molecule has 0 aliphatic heterocycles. The Labute approximate surface area is 233 Å². The number of benzene rings is 2. The zero-order valence-corrected chi connectivity index (χ0v) is 22.7. The molecule has 2 amide bonds. The number of nitrogens with zero attached hydrogens (tertiary/aromatic N) is 4. The highest BCUT2D eigenvalue weighted by Crippen LogP contribution is 2.29. The lowest BCUT2D eigenvalue weighted by atomic mass is 9.94. The molecule has 8 nitrogen and oxygen atoms in total. The highest BCUT2D eigenvalue weighted by Gasteiger charge is 2.24. The smallest absolute Gasteiger partial charge is 0.305 e. The number of aliphatic carboxylic acids is 1. The van der Waals surface area contributed by atoms with E-state index in [4.69, 9.17) is 0 Å². The molecule has 0 aliphatic rings. The van der Waals surface area contributed by atoms with Crippen molar-refractivity contribution in [2.75, 3.05) is 20.1 Å². The Kier molecular flexibility index (Phi) is 9.35. The van der Waals surface area contributed by atoms with Crippen LogP contribution >= 0.6 is 0 Å². The van der Waals surface area contributed by atoms with Crippen LogP contribution < -0.4 is 0 Å². The Bertz CT molecular complexity index is 1490. The van der Waals surface area contributed by atoms with Crippen molar-refractivity contribution in [3.8, 4) is 11.1 Å². The first kappa shape index (κ1) is 28.2. The summed E-state index contributed by atoms with van der Waals surface area (Å²) in [4.78, 5) is 50.8. The van der Waals surface area contributed by atoms with Gasteiger partial charge in [0, 0.05) is 55.3 Å². The first-order valence-corrected chi connectivity index (χ1v) is 13.1. The number of carbonyl (C=O) groups is 3. The maximum atomic E-state index is 13.9. The zero-order chi connectivity index (χ0) is 28.5. The number of amides is 2. The second kappa shape index (κ2) is 13.3. The summed E-state index contributed by atoms with van der Waals surface area (Å²) in [5.74, 6) is -1.47. The fraction of sp³-hybridized carbons (Fsp3) is 0.219. The van der Waals surface area contributed by atoms with Gasteiger partial charge in [0.05, 0.1) is 18.7 Å². The summed E-state index contributed by atoms with van der Waals surface area (Å²) in [6.45, 7) is 2.61. The van der Waals surface area contributed by atoms with Crippen molar-refractivity contribution < 1.29 is 19.5 Å². The van der Waals surface area contributed by atoms with Crippen molar-refractivity contribution in [3.05, 3.63) is 119 Å². The van der Waals surface area contributed by atoms with E-state index in [9.17, 15) is 19.5 Å². The van der Waals surface area contributed by atoms with Crippen LogP contribution in [-0.4, -0.2) is 62.8 Å². The molecule has 4 aromatic rings. The molecule has 0 saturated carbocycles. The molecule has 2 aromatic heterocycles. The highest BCUT2D eigenvalue weighted by molar-refractivity contribution is 6.06. The molecular weight excluding hydrogens is 504 g/mol. The molecule has 2 aromatic carbocycles. The molecule has 2 heterocycles. The normalized spacial score (nSPS) is 10.7. The average Bonchev–Trinajstić information content (AvgIpc) is 2.97. The van der Waals surface area contributed by atoms with E-state index in [2.05, 4.69) is 9.97 Å². The van der Waals surface area contributed by atoms with Crippen molar-refractivity contribution in [1.82, 2.24) is 19.8 Å². The van der Waals surface area contributed by atoms with E-state index in [1.165, 1.54) is 0 Å². The Morgan fingerprint density at radius 3 is 2.00 bits per heavy atom. The number of rotatable bonds is 11. The highest BCUT2D eigenvalue weighted by atomic mass is 16.4. The number of carboxylic acid groups (broad SMARTS) is 1. The molecule has 40 heavy (non-hydrogen) atoms. The third kappa shape index (κ3) is 7.17. The van der Waals surface area contributed by atoms with Crippen LogP contribution in [0, 0.1) is 6.92 Å². The molecular formula is C32H32N4O4. The lowest BCUT2D eigenvalue weighted by molar-refractivity contribution is -0.137. The summed E-state index contributed by atoms with van der Waals surface area (Å²) in [6.07, 6.45) is 2.00. The number of aryl methyl sites for hydroxylation is 1. The summed E-state index contributed by atoms with van der Waals surface area (Å²) in [6, 6.07) is 25.6. The van der Waals surface area contributed by atoms with Crippen molar-refractivity contribution in [2.45, 2.75) is 26.3 Å². The fourth-order valence-electron chi connectivity index (χ4n) is 4.53. The summed E-state index contributed by atoms with van der Waals surface area (Å²) >= 11 is 0. The Hall–Kier alpha value is -4.85. The SMILES string of the molecule is Cc1cccc(CN(C)C(=O)c2ccccc2-c2ccccc2C(=O)N(CCC(=O)O)CCc2ccccn2)n1. The predicted molar refractivity (Wildman–Crippen MR) is 153 cm³/mol. The predicted octanol–water partition coefficient (Wildman–Crippen LogP) is 4.88. The second-order valence-electron chi connectivity index (χ2n) is 9.53. The standard InChI is InChI=1S/C32H32N4O4/c1-23-10-9-12-25(34-23)22-35(2)31(39)28-15-5-3-13-26(28)27-14-4-6-16-29(27)32(40)36(21-18-30(37)38)20-17-24-11-7-8-19-33-24/h3-16,19H,17-18,20-22H2,1-2H3,(H,37,38). The molecule has 0 saturated heterocycles. The Balaban J connectivity index is 1.63. The molecule has 0 atom stereocenters. The quantitative estimate of drug-likeness (QED) is 0.293. The minimum atomic E-state index is -0.981. The molecule has 0 fully saturated rings. The van der Waals surface area contributed by atoms with E-state index in [0.29, 0.717) is 41.8 Å². The van der Waals surface area contributed by atoms with Gasteiger partial charge in [0.2, 0.25) is 0 Å². The van der Waals surface area contributed by atoms with Gasteiger partial charge in [-0.2, -0.15) is 0 Å². The number of hydrogen-bond donors (Lipinski definition) is 1. The molecule has 0 bridgehead atoms. The zero-order valence-electron chi connectivity index (χ0n) is 22.7. The lowest BCUT2D eigenvalue weighted by Gasteiger charge is -2.24. The molecule has 8 heteroatoms. The molecule has 0 aliphatic carbocycles. The molecule has 0 spiro atoms. The van der Waals surface area contributed by atoms with Crippen LogP contribution in [0.2, 0.25) is 0 Å². The first-order chi connectivity index (χ1) is 19.3. The van der Waals surface area contributed by atoms with Gasteiger partial charge in [-0.3, -0.25) is 24.4 Å². The van der Waals surface area contributed by atoms with Crippen LogP contribution in [-0.2, 0) is 17.8 Å². The molecule has 0 radical (unpaired) electrons. The summed E-state index contributed by atoms with van der Waals surface area (Å²) in [7, 11) is 1.73. The van der Waals surface area contributed by atoms with Crippen molar-refractivity contribution in [3.63, 3.8) is 0 Å². The van der Waals surface area contributed by atoms with Gasteiger partial charge in [0.25, 0.3) is 11.8 Å². The minimum Gasteiger partial charge on any atom is -0.481 e. The van der Waals surface area contributed by atoms with Crippen molar-refractivity contribution >= 4 is 17.8 Å². The molecule has 0 unspecified atom stereocenters. The first-order valence-electron chi connectivity index (χ1n) is 13.1. The van der Waals surface area contributed by atoms with Gasteiger partial charge in [-0.1, -0.05) is 48.5 Å². The van der Waals surface area contributed by atoms with Gasteiger partial charge in [0.15, 0.2) is 0 Å². The van der Waals surface area contributed by atoms with Crippen LogP contribution in [0.3, 0.4) is 0 Å². The summed E-state index contributed by atoms with van der Waals surface area (Å²) in [5.41, 5.74) is 4.57. The Morgan fingerprint density at radius 1 is 0.750 bits per heavy atom. The van der Waals surface area contributed by atoms with E-state index in [1.54, 1.807) is 47.3 Å². The number of carbonyl (C=O) groups excluding carboxylic acids is 2. The minimum absolute atomic E-state index is 0.0577. The Morgan fingerprint density at radius 2 is 1.38 bits per heavy atom. The van der Waals surface area contributed by atoms with Gasteiger partial charge in [-0.25, -0.2) is 0 Å². The number of pyridine rings is 2. The molecule has 204 valence electrons. The van der Waals surface area contributed by atoms with Crippen LogP contribution in [0.5, 0.6) is 0 Å². The van der Waals surface area contributed by atoms with E-state index in [1.807, 2.05) is 67.6 Å². The summed E-state index contributed by atoms with van der Waals surface area (Å²) < 4.78 is 0. The molecule has 4 rings (SSSR count). The van der Waals surface area contributed by atoms with Crippen molar-refractivity contribution in [1.29, 1.82) is 0 Å². The van der Waals surface area contributed by atoms with E-state index >= 15 is 0 Å². The average molecular weight is 537 g/mol. The number of aromatic nitrogens is 2. The second-order valence-corrected chi connectivity index (χ2v) is 9.53. The lowest BCUT2D eigenvalue weighted by Crippen LogP contribution is -2.35.